The largest absolute Gasteiger partial charge is 0.497 e. The van der Waals surface area contributed by atoms with Crippen molar-refractivity contribution < 1.29 is 13.9 Å². The molecule has 0 unspecified atom stereocenters. The van der Waals surface area contributed by atoms with Gasteiger partial charge in [-0.25, -0.2) is 4.98 Å². The molecule has 0 radical (unpaired) electrons. The Morgan fingerprint density at radius 1 is 1.06 bits per heavy atom. The number of fused-ring (bicyclic) bond motifs is 3. The summed E-state index contributed by atoms with van der Waals surface area (Å²) in [6, 6.07) is 22.1. The molecule has 2 heterocycles. The van der Waals surface area contributed by atoms with E-state index in [1.54, 1.807) is 31.4 Å². The number of nitrogens with zero attached hydrogens (tertiary/aromatic N) is 2. The van der Waals surface area contributed by atoms with Gasteiger partial charge in [0.1, 0.15) is 16.8 Å². The molecule has 3 aromatic carbocycles. The molecule has 5 aromatic rings. The minimum Gasteiger partial charge on any atom is -0.497 e. The van der Waals surface area contributed by atoms with Crippen LogP contribution in [-0.2, 0) is 4.79 Å². The first-order valence-corrected chi connectivity index (χ1v) is 11.6. The number of para-hydroxylation sites is 1. The number of carbonyl (C=O) groups is 1. The average molecular weight is 472 g/mol. The lowest BCUT2D eigenvalue weighted by Crippen LogP contribution is -2.22. The summed E-state index contributed by atoms with van der Waals surface area (Å²) in [4.78, 5) is 30.9. The Kier molecular flexibility index (Phi) is 5.81. The number of hydrogen-bond donors (Lipinski definition) is 1. The van der Waals surface area contributed by atoms with Crippen molar-refractivity contribution >= 4 is 45.4 Å². The number of benzene rings is 3. The molecule has 0 spiro atoms. The second-order valence-electron chi connectivity index (χ2n) is 7.71. The highest BCUT2D eigenvalue weighted by molar-refractivity contribution is 7.99. The molecular formula is C26H21N3O4S. The van der Waals surface area contributed by atoms with Gasteiger partial charge in [-0.15, -0.1) is 0 Å². The third kappa shape index (κ3) is 4.15. The number of hydrogen-bond acceptors (Lipinski definition) is 6. The van der Waals surface area contributed by atoms with Crippen molar-refractivity contribution in [2.75, 3.05) is 18.2 Å². The van der Waals surface area contributed by atoms with E-state index in [1.165, 1.54) is 16.3 Å². The summed E-state index contributed by atoms with van der Waals surface area (Å²) in [5.74, 6) is 0.572. The number of methoxy groups -OCH3 is 1. The van der Waals surface area contributed by atoms with Gasteiger partial charge in [0.25, 0.3) is 0 Å². The molecule has 0 bridgehead atoms. The number of ether oxygens (including phenoxy) is 1. The lowest BCUT2D eigenvalue weighted by molar-refractivity contribution is -0.113. The molecular weight excluding hydrogens is 450 g/mol. The summed E-state index contributed by atoms with van der Waals surface area (Å²) in [6.07, 6.45) is 0. The molecule has 7 nitrogen and oxygen atoms in total. The predicted molar refractivity (Wildman–Crippen MR) is 134 cm³/mol. The standard InChI is InChI=1S/C26H21N3O4S/c1-16-7-11-18(12-8-16)29-25(31)24-23(20-5-3-4-6-21(20)33-24)28-26(29)34-15-22(30)27-17-9-13-19(32-2)14-10-17/h3-14H,15H2,1-2H3,(H,27,30). The van der Waals surface area contributed by atoms with Crippen LogP contribution in [0.4, 0.5) is 5.69 Å². The first-order chi connectivity index (χ1) is 16.5. The molecule has 0 atom stereocenters. The van der Waals surface area contributed by atoms with Crippen LogP contribution in [0.5, 0.6) is 5.75 Å². The number of thioether (sulfide) groups is 1. The van der Waals surface area contributed by atoms with Crippen molar-refractivity contribution in [1.29, 1.82) is 0 Å². The molecule has 0 saturated carbocycles. The fourth-order valence-corrected chi connectivity index (χ4v) is 4.45. The van der Waals surface area contributed by atoms with E-state index < -0.39 is 0 Å². The zero-order valence-electron chi connectivity index (χ0n) is 18.6. The van der Waals surface area contributed by atoms with Crippen molar-refractivity contribution in [2.24, 2.45) is 0 Å². The molecule has 170 valence electrons. The van der Waals surface area contributed by atoms with E-state index in [2.05, 4.69) is 5.32 Å². The van der Waals surface area contributed by atoms with E-state index in [0.717, 1.165) is 10.9 Å². The molecule has 5 rings (SSSR count). The smallest absolute Gasteiger partial charge is 0.302 e. The van der Waals surface area contributed by atoms with Crippen molar-refractivity contribution in [3.05, 3.63) is 88.7 Å². The first-order valence-electron chi connectivity index (χ1n) is 10.6. The van der Waals surface area contributed by atoms with E-state index in [4.69, 9.17) is 14.1 Å². The first kappa shape index (κ1) is 21.8. The number of aromatic nitrogens is 2. The van der Waals surface area contributed by atoms with Crippen LogP contribution in [0.15, 0.2) is 87.2 Å². The minimum atomic E-state index is -0.317. The van der Waals surface area contributed by atoms with Crippen LogP contribution >= 0.6 is 11.8 Å². The molecule has 8 heteroatoms. The van der Waals surface area contributed by atoms with Gasteiger partial charge >= 0.3 is 5.56 Å². The summed E-state index contributed by atoms with van der Waals surface area (Å²) in [7, 11) is 1.59. The molecule has 2 aromatic heterocycles. The quantitative estimate of drug-likeness (QED) is 0.271. The maximum atomic E-state index is 13.5. The van der Waals surface area contributed by atoms with Gasteiger partial charge in [0.2, 0.25) is 11.5 Å². The van der Waals surface area contributed by atoms with Crippen LogP contribution in [0.25, 0.3) is 27.8 Å². The topological polar surface area (TPSA) is 86.4 Å². The third-order valence-electron chi connectivity index (χ3n) is 5.36. The van der Waals surface area contributed by atoms with Crippen LogP contribution in [0.3, 0.4) is 0 Å². The maximum Gasteiger partial charge on any atom is 0.302 e. The van der Waals surface area contributed by atoms with Crippen LogP contribution in [-0.4, -0.2) is 28.3 Å². The number of rotatable bonds is 6. The predicted octanol–water partition coefficient (Wildman–Crippen LogP) is 5.18. The van der Waals surface area contributed by atoms with E-state index in [0.29, 0.717) is 33.4 Å². The number of carbonyl (C=O) groups excluding carboxylic acids is 1. The summed E-state index contributed by atoms with van der Waals surface area (Å²) < 4.78 is 12.5. The SMILES string of the molecule is COc1ccc(NC(=O)CSc2nc3c(oc4ccccc43)c(=O)n2-c2ccc(C)cc2)cc1. The normalized spacial score (nSPS) is 11.1. The summed E-state index contributed by atoms with van der Waals surface area (Å²) >= 11 is 1.20. The van der Waals surface area contributed by atoms with Crippen molar-refractivity contribution in [3.63, 3.8) is 0 Å². The average Bonchev–Trinajstić information content (AvgIpc) is 3.23. The van der Waals surface area contributed by atoms with Crippen LogP contribution in [0, 0.1) is 6.92 Å². The minimum absolute atomic E-state index is 0.0750. The molecule has 0 aliphatic heterocycles. The van der Waals surface area contributed by atoms with Gasteiger partial charge in [-0.3, -0.25) is 14.2 Å². The van der Waals surface area contributed by atoms with Gasteiger partial charge in [-0.05, 0) is 55.5 Å². The second kappa shape index (κ2) is 9.07. The number of amides is 1. The lowest BCUT2D eigenvalue weighted by atomic mass is 10.2. The van der Waals surface area contributed by atoms with Crippen LogP contribution < -0.4 is 15.6 Å². The molecule has 1 N–H and O–H groups in total. The van der Waals surface area contributed by atoms with E-state index >= 15 is 0 Å². The fraction of sp³-hybridized carbons (Fsp3) is 0.115. The Morgan fingerprint density at radius 3 is 2.53 bits per heavy atom. The van der Waals surface area contributed by atoms with Gasteiger partial charge in [0, 0.05) is 11.1 Å². The fourth-order valence-electron chi connectivity index (χ4n) is 3.64. The Labute approximate surface area is 199 Å². The number of furan rings is 1. The molecule has 1 amide bonds. The van der Waals surface area contributed by atoms with Crippen molar-refractivity contribution in [2.45, 2.75) is 12.1 Å². The molecule has 0 fully saturated rings. The highest BCUT2D eigenvalue weighted by atomic mass is 32.2. The summed E-state index contributed by atoms with van der Waals surface area (Å²) in [6.45, 7) is 1.98. The monoisotopic (exact) mass is 471 g/mol. The second-order valence-corrected chi connectivity index (χ2v) is 8.65. The van der Waals surface area contributed by atoms with E-state index in [9.17, 15) is 9.59 Å². The summed E-state index contributed by atoms with van der Waals surface area (Å²) in [5.41, 5.74) is 3.34. The highest BCUT2D eigenvalue weighted by Gasteiger charge is 2.19. The third-order valence-corrected chi connectivity index (χ3v) is 6.30. The van der Waals surface area contributed by atoms with Gasteiger partial charge in [0.05, 0.1) is 18.6 Å². The number of nitrogens with one attached hydrogen (secondary N) is 1. The number of anilines is 1. The maximum absolute atomic E-state index is 13.5. The van der Waals surface area contributed by atoms with E-state index in [-0.39, 0.29) is 22.8 Å². The van der Waals surface area contributed by atoms with Crippen molar-refractivity contribution in [1.82, 2.24) is 9.55 Å². The van der Waals surface area contributed by atoms with Gasteiger partial charge in [-0.2, -0.15) is 0 Å². The van der Waals surface area contributed by atoms with Gasteiger partial charge in [-0.1, -0.05) is 41.6 Å². The molecule has 34 heavy (non-hydrogen) atoms. The number of aryl methyl sites for hydroxylation is 1. The van der Waals surface area contributed by atoms with E-state index in [1.807, 2.05) is 55.5 Å². The van der Waals surface area contributed by atoms with Crippen LogP contribution in [0.2, 0.25) is 0 Å². The van der Waals surface area contributed by atoms with Gasteiger partial charge in [0.15, 0.2) is 5.16 Å². The molecule has 0 aliphatic carbocycles. The zero-order chi connectivity index (χ0) is 23.7. The Morgan fingerprint density at radius 2 is 1.79 bits per heavy atom. The molecule has 0 saturated heterocycles. The van der Waals surface area contributed by atoms with Crippen molar-refractivity contribution in [3.8, 4) is 11.4 Å². The Balaban J connectivity index is 1.52. The Hall–Kier alpha value is -4.04. The Bertz CT molecular complexity index is 1550. The van der Waals surface area contributed by atoms with Gasteiger partial charge < -0.3 is 14.5 Å². The molecule has 0 aliphatic rings. The highest BCUT2D eigenvalue weighted by Crippen LogP contribution is 2.28. The lowest BCUT2D eigenvalue weighted by Gasteiger charge is -2.12. The van der Waals surface area contributed by atoms with Crippen LogP contribution in [0.1, 0.15) is 5.56 Å². The zero-order valence-corrected chi connectivity index (χ0v) is 19.4. The summed E-state index contributed by atoms with van der Waals surface area (Å²) in [5, 5.41) is 4.03.